The molecule has 154 valence electrons. The van der Waals surface area contributed by atoms with Gasteiger partial charge in [0.1, 0.15) is 5.69 Å². The Bertz CT molecular complexity index is 1300. The number of carbonyl (C=O) groups is 2. The molecule has 0 fully saturated rings. The topological polar surface area (TPSA) is 93.0 Å². The van der Waals surface area contributed by atoms with E-state index in [1.165, 1.54) is 0 Å². The van der Waals surface area contributed by atoms with Crippen LogP contribution >= 0.6 is 0 Å². The molecule has 0 spiro atoms. The molecule has 0 bridgehead atoms. The molecule has 1 aromatic carbocycles. The second-order valence-electron chi connectivity index (χ2n) is 7.49. The summed E-state index contributed by atoms with van der Waals surface area (Å²) in [7, 11) is 1.79. The molecule has 8 nitrogen and oxygen atoms in total. The highest BCUT2D eigenvalue weighted by molar-refractivity contribution is 5.97. The lowest BCUT2D eigenvalue weighted by Gasteiger charge is -2.16. The standard InChI is InChI=1S/C23H20N6O2/c1-28-20-14-29(23(31)19-9-8-16-6-2-3-7-18(16)26-19)13-17(20)21(27-28)22(30)25-12-15-5-4-10-24-11-15/h2-11H,12-14H2,1H3,(H,25,30). The summed E-state index contributed by atoms with van der Waals surface area (Å²) in [6.45, 7) is 1.08. The molecular formula is C23H20N6O2. The maximum absolute atomic E-state index is 13.1. The highest BCUT2D eigenvalue weighted by Crippen LogP contribution is 2.27. The van der Waals surface area contributed by atoms with E-state index < -0.39 is 0 Å². The Kier molecular flexibility index (Phi) is 4.66. The van der Waals surface area contributed by atoms with Crippen molar-refractivity contribution in [3.05, 3.63) is 89.1 Å². The van der Waals surface area contributed by atoms with Gasteiger partial charge in [0, 0.05) is 36.9 Å². The Balaban J connectivity index is 1.34. The minimum Gasteiger partial charge on any atom is -0.346 e. The molecule has 4 heterocycles. The molecule has 2 amide bonds. The number of fused-ring (bicyclic) bond motifs is 2. The zero-order valence-electron chi connectivity index (χ0n) is 16.9. The zero-order chi connectivity index (χ0) is 21.4. The van der Waals surface area contributed by atoms with E-state index in [9.17, 15) is 9.59 Å². The number of para-hydroxylation sites is 1. The molecule has 4 aromatic rings. The van der Waals surface area contributed by atoms with Crippen molar-refractivity contribution in [1.29, 1.82) is 0 Å². The van der Waals surface area contributed by atoms with Crippen molar-refractivity contribution < 1.29 is 9.59 Å². The van der Waals surface area contributed by atoms with Crippen LogP contribution in [0.25, 0.3) is 10.9 Å². The Morgan fingerprint density at radius 3 is 2.77 bits per heavy atom. The fraction of sp³-hybridized carbons (Fsp3) is 0.174. The predicted octanol–water partition coefficient (Wildman–Crippen LogP) is 2.45. The van der Waals surface area contributed by atoms with E-state index in [2.05, 4.69) is 20.4 Å². The first-order valence-electron chi connectivity index (χ1n) is 9.97. The van der Waals surface area contributed by atoms with Crippen molar-refractivity contribution in [2.24, 2.45) is 7.05 Å². The summed E-state index contributed by atoms with van der Waals surface area (Å²) in [5, 5.41) is 8.26. The van der Waals surface area contributed by atoms with Crippen LogP contribution in [0.2, 0.25) is 0 Å². The highest BCUT2D eigenvalue weighted by atomic mass is 16.2. The number of nitrogens with one attached hydrogen (secondary N) is 1. The number of aryl methyl sites for hydroxylation is 1. The zero-order valence-corrected chi connectivity index (χ0v) is 16.9. The van der Waals surface area contributed by atoms with Gasteiger partial charge in [-0.15, -0.1) is 0 Å². The first kappa shape index (κ1) is 18.9. The van der Waals surface area contributed by atoms with Crippen LogP contribution in [-0.4, -0.2) is 36.5 Å². The Morgan fingerprint density at radius 2 is 1.94 bits per heavy atom. The first-order chi connectivity index (χ1) is 15.1. The summed E-state index contributed by atoms with van der Waals surface area (Å²) >= 11 is 0. The smallest absolute Gasteiger partial charge is 0.273 e. The molecule has 8 heteroatoms. The van der Waals surface area contributed by atoms with Gasteiger partial charge in [-0.1, -0.05) is 30.3 Å². The number of hydrogen-bond donors (Lipinski definition) is 1. The van der Waals surface area contributed by atoms with Crippen LogP contribution in [0.5, 0.6) is 0 Å². The number of nitrogens with zero attached hydrogens (tertiary/aromatic N) is 5. The molecule has 1 N–H and O–H groups in total. The molecule has 0 unspecified atom stereocenters. The van der Waals surface area contributed by atoms with Gasteiger partial charge in [-0.05, 0) is 23.8 Å². The average Bonchev–Trinajstić information content (AvgIpc) is 3.38. The van der Waals surface area contributed by atoms with Crippen molar-refractivity contribution in [2.45, 2.75) is 19.6 Å². The van der Waals surface area contributed by atoms with Crippen LogP contribution in [0.15, 0.2) is 60.9 Å². The van der Waals surface area contributed by atoms with Crippen LogP contribution in [0.1, 0.15) is 37.8 Å². The number of aromatic nitrogens is 4. The lowest BCUT2D eigenvalue weighted by molar-refractivity contribution is 0.0740. The van der Waals surface area contributed by atoms with Crippen LogP contribution in [0, 0.1) is 0 Å². The quantitative estimate of drug-likeness (QED) is 0.556. The summed E-state index contributed by atoms with van der Waals surface area (Å²) in [4.78, 5) is 36.1. The number of benzene rings is 1. The molecule has 3 aromatic heterocycles. The fourth-order valence-electron chi connectivity index (χ4n) is 3.84. The summed E-state index contributed by atoms with van der Waals surface area (Å²) in [5.41, 5.74) is 4.07. The van der Waals surface area contributed by atoms with Crippen molar-refractivity contribution >= 4 is 22.7 Å². The average molecular weight is 412 g/mol. The van der Waals surface area contributed by atoms with Crippen molar-refractivity contribution in [2.75, 3.05) is 0 Å². The van der Waals surface area contributed by atoms with Gasteiger partial charge >= 0.3 is 0 Å². The number of pyridine rings is 2. The molecule has 1 aliphatic rings. The van der Waals surface area contributed by atoms with E-state index in [1.54, 1.807) is 35.1 Å². The van der Waals surface area contributed by atoms with Crippen LogP contribution < -0.4 is 5.32 Å². The third kappa shape index (κ3) is 3.52. The highest BCUT2D eigenvalue weighted by Gasteiger charge is 2.32. The number of rotatable bonds is 4. The predicted molar refractivity (Wildman–Crippen MR) is 114 cm³/mol. The van der Waals surface area contributed by atoms with Gasteiger partial charge in [-0.3, -0.25) is 19.3 Å². The molecule has 5 rings (SSSR count). The monoisotopic (exact) mass is 412 g/mol. The summed E-state index contributed by atoms with van der Waals surface area (Å²) in [5.74, 6) is -0.428. The minimum atomic E-state index is -0.265. The first-order valence-corrected chi connectivity index (χ1v) is 9.97. The van der Waals surface area contributed by atoms with E-state index in [0.29, 0.717) is 31.0 Å². The lowest BCUT2D eigenvalue weighted by atomic mass is 10.2. The van der Waals surface area contributed by atoms with Crippen LogP contribution in [-0.2, 0) is 26.7 Å². The number of amides is 2. The van der Waals surface area contributed by atoms with Gasteiger partial charge in [0.25, 0.3) is 11.8 Å². The minimum absolute atomic E-state index is 0.163. The van der Waals surface area contributed by atoms with Crippen molar-refractivity contribution in [1.82, 2.24) is 30.0 Å². The number of hydrogen-bond acceptors (Lipinski definition) is 5. The lowest BCUT2D eigenvalue weighted by Crippen LogP contribution is -2.28. The maximum Gasteiger partial charge on any atom is 0.273 e. The van der Waals surface area contributed by atoms with E-state index >= 15 is 0 Å². The molecule has 0 atom stereocenters. The number of carbonyl (C=O) groups excluding carboxylic acids is 2. The van der Waals surface area contributed by atoms with E-state index in [-0.39, 0.29) is 11.8 Å². The van der Waals surface area contributed by atoms with Crippen LogP contribution in [0.3, 0.4) is 0 Å². The molecule has 0 saturated carbocycles. The summed E-state index contributed by atoms with van der Waals surface area (Å²) in [6, 6.07) is 15.1. The molecular weight excluding hydrogens is 392 g/mol. The SMILES string of the molecule is Cn1nc(C(=O)NCc2cccnc2)c2c1CN(C(=O)c1ccc3ccccc3n1)C2. The third-order valence-electron chi connectivity index (χ3n) is 5.46. The van der Waals surface area contributed by atoms with Crippen LogP contribution in [0.4, 0.5) is 0 Å². The molecule has 0 aliphatic carbocycles. The van der Waals surface area contributed by atoms with Crippen molar-refractivity contribution in [3.8, 4) is 0 Å². The molecule has 0 saturated heterocycles. The summed E-state index contributed by atoms with van der Waals surface area (Å²) in [6.07, 6.45) is 3.40. The maximum atomic E-state index is 13.1. The molecule has 0 radical (unpaired) electrons. The third-order valence-corrected chi connectivity index (χ3v) is 5.46. The molecule has 31 heavy (non-hydrogen) atoms. The summed E-state index contributed by atoms with van der Waals surface area (Å²) < 4.78 is 1.68. The van der Waals surface area contributed by atoms with Crippen molar-refractivity contribution in [3.63, 3.8) is 0 Å². The van der Waals surface area contributed by atoms with Gasteiger partial charge in [0.2, 0.25) is 0 Å². The Hall–Kier alpha value is -4.07. The van der Waals surface area contributed by atoms with E-state index in [4.69, 9.17) is 0 Å². The Labute approximate surface area is 178 Å². The molecule has 1 aliphatic heterocycles. The van der Waals surface area contributed by atoms with E-state index in [0.717, 1.165) is 27.7 Å². The van der Waals surface area contributed by atoms with Gasteiger partial charge in [0.05, 0.1) is 24.3 Å². The van der Waals surface area contributed by atoms with Gasteiger partial charge < -0.3 is 10.2 Å². The largest absolute Gasteiger partial charge is 0.346 e. The Morgan fingerprint density at radius 1 is 1.06 bits per heavy atom. The van der Waals surface area contributed by atoms with Gasteiger partial charge in [-0.2, -0.15) is 5.10 Å². The van der Waals surface area contributed by atoms with Gasteiger partial charge in [0.15, 0.2) is 5.69 Å². The second-order valence-corrected chi connectivity index (χ2v) is 7.49. The second kappa shape index (κ2) is 7.64. The normalized spacial score (nSPS) is 12.7. The van der Waals surface area contributed by atoms with E-state index in [1.807, 2.05) is 42.5 Å². The fourth-order valence-corrected chi connectivity index (χ4v) is 3.84. The van der Waals surface area contributed by atoms with Gasteiger partial charge in [-0.25, -0.2) is 4.98 Å².